The summed E-state index contributed by atoms with van der Waals surface area (Å²) < 4.78 is 11.3. The number of imidazole rings is 1. The second-order valence-electron chi connectivity index (χ2n) is 6.10. The van der Waals surface area contributed by atoms with E-state index in [1.54, 1.807) is 6.07 Å². The average Bonchev–Trinajstić information content (AvgIpc) is 3.14. The average molecular weight is 398 g/mol. The highest BCUT2D eigenvalue weighted by Crippen LogP contribution is 2.30. The number of carbonyl (C=O) groups is 2. The Labute approximate surface area is 165 Å². The van der Waals surface area contributed by atoms with Crippen molar-refractivity contribution in [3.8, 4) is 11.5 Å². The highest BCUT2D eigenvalue weighted by atomic mass is 32.2. The Morgan fingerprint density at radius 2 is 1.93 bits per heavy atom. The van der Waals surface area contributed by atoms with Crippen LogP contribution in [0.4, 0.5) is 4.79 Å². The first-order valence-corrected chi connectivity index (χ1v) is 9.69. The molecule has 1 aliphatic rings. The molecule has 0 bridgehead atoms. The van der Waals surface area contributed by atoms with Crippen LogP contribution in [0.2, 0.25) is 0 Å². The molecule has 28 heavy (non-hydrogen) atoms. The van der Waals surface area contributed by atoms with E-state index in [1.807, 2.05) is 42.5 Å². The Bertz CT molecular complexity index is 973. The maximum absolute atomic E-state index is 12.0. The Kier molecular flexibility index (Phi) is 5.34. The van der Waals surface area contributed by atoms with E-state index in [9.17, 15) is 9.59 Å². The summed E-state index contributed by atoms with van der Waals surface area (Å²) in [6.45, 7) is 0.553. The number of urea groups is 1. The van der Waals surface area contributed by atoms with Crippen molar-refractivity contribution >= 4 is 34.7 Å². The molecule has 1 aliphatic heterocycles. The van der Waals surface area contributed by atoms with Crippen LogP contribution in [0.5, 0.6) is 11.5 Å². The number of fused-ring (bicyclic) bond motifs is 2. The number of hydrogen-bond acceptors (Lipinski definition) is 6. The highest BCUT2D eigenvalue weighted by molar-refractivity contribution is 7.99. The molecule has 3 amide bonds. The number of rotatable bonds is 5. The third-order valence-electron chi connectivity index (χ3n) is 4.02. The van der Waals surface area contributed by atoms with Crippen molar-refractivity contribution in [1.29, 1.82) is 0 Å². The third-order valence-corrected chi connectivity index (χ3v) is 4.89. The molecule has 0 fully saturated rings. The van der Waals surface area contributed by atoms with Gasteiger partial charge in [-0.3, -0.25) is 10.1 Å². The number of para-hydroxylation sites is 4. The Hall–Kier alpha value is -3.20. The first kappa shape index (κ1) is 18.2. The molecule has 144 valence electrons. The van der Waals surface area contributed by atoms with Gasteiger partial charge in [0.05, 0.1) is 23.3 Å². The van der Waals surface area contributed by atoms with Crippen LogP contribution in [0.1, 0.15) is 0 Å². The zero-order valence-electron chi connectivity index (χ0n) is 14.8. The molecule has 0 saturated heterocycles. The van der Waals surface area contributed by atoms with Gasteiger partial charge in [-0.25, -0.2) is 9.78 Å². The van der Waals surface area contributed by atoms with E-state index in [0.717, 1.165) is 11.0 Å². The predicted molar refractivity (Wildman–Crippen MR) is 105 cm³/mol. The van der Waals surface area contributed by atoms with Crippen LogP contribution >= 0.6 is 11.8 Å². The molecule has 0 aliphatic carbocycles. The maximum atomic E-state index is 12.0. The molecule has 3 N–H and O–H groups in total. The summed E-state index contributed by atoms with van der Waals surface area (Å²) >= 11 is 1.23. The molecule has 8 nitrogen and oxygen atoms in total. The minimum absolute atomic E-state index is 0.0731. The molecule has 0 unspecified atom stereocenters. The number of imide groups is 1. The van der Waals surface area contributed by atoms with Gasteiger partial charge in [-0.2, -0.15) is 0 Å². The maximum Gasteiger partial charge on any atom is 0.321 e. The lowest BCUT2D eigenvalue weighted by molar-refractivity contribution is -0.117. The number of aromatic nitrogens is 2. The van der Waals surface area contributed by atoms with Gasteiger partial charge in [-0.05, 0) is 24.3 Å². The highest BCUT2D eigenvalue weighted by Gasteiger charge is 2.21. The van der Waals surface area contributed by atoms with Crippen molar-refractivity contribution in [3.63, 3.8) is 0 Å². The van der Waals surface area contributed by atoms with Crippen LogP contribution < -0.4 is 20.1 Å². The van der Waals surface area contributed by atoms with E-state index in [4.69, 9.17) is 9.47 Å². The summed E-state index contributed by atoms with van der Waals surface area (Å²) in [4.78, 5) is 31.4. The molecule has 9 heteroatoms. The molecule has 2 heterocycles. The van der Waals surface area contributed by atoms with Crippen molar-refractivity contribution < 1.29 is 19.1 Å². The predicted octanol–water partition coefficient (Wildman–Crippen LogP) is 2.32. The van der Waals surface area contributed by atoms with Crippen LogP contribution in [0.15, 0.2) is 53.7 Å². The minimum atomic E-state index is -0.572. The quantitative estimate of drug-likeness (QED) is 0.570. The number of amides is 3. The lowest BCUT2D eigenvalue weighted by Gasteiger charge is -2.26. The van der Waals surface area contributed by atoms with Crippen molar-refractivity contribution in [3.05, 3.63) is 48.5 Å². The van der Waals surface area contributed by atoms with Crippen LogP contribution in [0.25, 0.3) is 11.0 Å². The topological polar surface area (TPSA) is 105 Å². The monoisotopic (exact) mass is 398 g/mol. The second kappa shape index (κ2) is 8.22. The SMILES string of the molecule is O=C(CSc1nc2ccccc2[nH]1)NC(=O)NC[C@@H]1COc2ccccc2O1. The van der Waals surface area contributed by atoms with Gasteiger partial charge in [0.1, 0.15) is 6.61 Å². The first-order chi connectivity index (χ1) is 13.7. The molecular formula is C19H18N4O4S. The van der Waals surface area contributed by atoms with Gasteiger partial charge < -0.3 is 19.8 Å². The van der Waals surface area contributed by atoms with Gasteiger partial charge in [0, 0.05) is 0 Å². The number of carbonyl (C=O) groups excluding carboxylic acids is 2. The zero-order chi connectivity index (χ0) is 19.3. The number of benzene rings is 2. The summed E-state index contributed by atoms with van der Waals surface area (Å²) in [6.07, 6.45) is -0.319. The van der Waals surface area contributed by atoms with Crippen LogP contribution in [-0.2, 0) is 4.79 Å². The van der Waals surface area contributed by atoms with Crippen LogP contribution in [0, 0.1) is 0 Å². The fraction of sp³-hybridized carbons (Fsp3) is 0.211. The molecule has 4 rings (SSSR count). The molecule has 2 aromatic carbocycles. The smallest absolute Gasteiger partial charge is 0.321 e. The number of ether oxygens (including phenoxy) is 2. The van der Waals surface area contributed by atoms with Gasteiger partial charge in [-0.1, -0.05) is 36.0 Å². The van der Waals surface area contributed by atoms with Crippen molar-refractivity contribution in [2.24, 2.45) is 0 Å². The largest absolute Gasteiger partial charge is 0.486 e. The summed E-state index contributed by atoms with van der Waals surface area (Å²) in [6, 6.07) is 14.4. The number of nitrogens with zero attached hydrogens (tertiary/aromatic N) is 1. The fourth-order valence-electron chi connectivity index (χ4n) is 2.71. The van der Waals surface area contributed by atoms with Gasteiger partial charge in [0.2, 0.25) is 5.91 Å². The van der Waals surface area contributed by atoms with E-state index in [2.05, 4.69) is 20.6 Å². The van der Waals surface area contributed by atoms with Crippen molar-refractivity contribution in [2.75, 3.05) is 18.9 Å². The van der Waals surface area contributed by atoms with Crippen LogP contribution in [0.3, 0.4) is 0 Å². The first-order valence-electron chi connectivity index (χ1n) is 8.71. The minimum Gasteiger partial charge on any atom is -0.486 e. The standard InChI is InChI=1S/C19H18N4O4S/c24-17(11-28-19-21-13-5-1-2-6-14(13)22-19)23-18(25)20-9-12-10-26-15-7-3-4-8-16(15)27-12/h1-8,12H,9-11H2,(H,21,22)(H2,20,23,24,25)/t12-/m1/s1. The van der Waals surface area contributed by atoms with Gasteiger partial charge in [0.15, 0.2) is 22.8 Å². The van der Waals surface area contributed by atoms with E-state index < -0.39 is 11.9 Å². The number of thioether (sulfide) groups is 1. The summed E-state index contributed by atoms with van der Waals surface area (Å²) in [5.74, 6) is 0.985. The Morgan fingerprint density at radius 3 is 2.79 bits per heavy atom. The Balaban J connectivity index is 1.20. The van der Waals surface area contributed by atoms with Gasteiger partial charge in [-0.15, -0.1) is 0 Å². The molecule has 0 spiro atoms. The Morgan fingerprint density at radius 1 is 1.14 bits per heavy atom. The molecule has 1 atom stereocenters. The zero-order valence-corrected chi connectivity index (χ0v) is 15.6. The van der Waals surface area contributed by atoms with Crippen LogP contribution in [-0.4, -0.2) is 46.9 Å². The molecule has 0 saturated carbocycles. The molecular weight excluding hydrogens is 380 g/mol. The van der Waals surface area contributed by atoms with E-state index in [0.29, 0.717) is 23.3 Å². The summed E-state index contributed by atoms with van der Waals surface area (Å²) in [7, 11) is 0. The number of nitrogens with one attached hydrogen (secondary N) is 3. The van der Waals surface area contributed by atoms with Crippen molar-refractivity contribution in [2.45, 2.75) is 11.3 Å². The van der Waals surface area contributed by atoms with Gasteiger partial charge in [0.25, 0.3) is 0 Å². The number of H-pyrrole nitrogens is 1. The number of hydrogen-bond donors (Lipinski definition) is 3. The second-order valence-corrected chi connectivity index (χ2v) is 7.07. The molecule has 0 radical (unpaired) electrons. The molecule has 3 aromatic rings. The fourth-order valence-corrected chi connectivity index (χ4v) is 3.39. The lowest BCUT2D eigenvalue weighted by atomic mass is 10.2. The normalized spacial score (nSPS) is 15.2. The number of aromatic amines is 1. The third kappa shape index (κ3) is 4.37. The summed E-state index contributed by atoms with van der Waals surface area (Å²) in [5.41, 5.74) is 1.74. The summed E-state index contributed by atoms with van der Waals surface area (Å²) in [5, 5.41) is 5.55. The van der Waals surface area contributed by atoms with Crippen molar-refractivity contribution in [1.82, 2.24) is 20.6 Å². The van der Waals surface area contributed by atoms with E-state index in [-0.39, 0.29) is 18.4 Å². The van der Waals surface area contributed by atoms with E-state index in [1.165, 1.54) is 11.8 Å². The van der Waals surface area contributed by atoms with E-state index >= 15 is 0 Å². The van der Waals surface area contributed by atoms with Gasteiger partial charge >= 0.3 is 6.03 Å². The molecule has 1 aromatic heterocycles. The lowest BCUT2D eigenvalue weighted by Crippen LogP contribution is -2.46.